The molecule has 0 spiro atoms. The van der Waals surface area contributed by atoms with Crippen LogP contribution in [0, 0.1) is 13.8 Å². The number of nitrogens with zero attached hydrogens (tertiary/aromatic N) is 1. The summed E-state index contributed by atoms with van der Waals surface area (Å²) in [6.07, 6.45) is 3.43. The lowest BCUT2D eigenvalue weighted by atomic mass is 10.0. The van der Waals surface area contributed by atoms with Crippen molar-refractivity contribution in [2.75, 3.05) is 7.11 Å². The van der Waals surface area contributed by atoms with Gasteiger partial charge in [-0.3, -0.25) is 9.78 Å². The first-order valence-electron chi connectivity index (χ1n) is 6.44. The molecule has 0 radical (unpaired) electrons. The smallest absolute Gasteiger partial charge is 0.251 e. The third kappa shape index (κ3) is 3.15. The lowest BCUT2D eigenvalue weighted by molar-refractivity contribution is 0.0950. The van der Waals surface area contributed by atoms with Crippen molar-refractivity contribution in [2.24, 2.45) is 0 Å². The maximum Gasteiger partial charge on any atom is 0.251 e. The molecule has 1 aromatic heterocycles. The Kier molecular flexibility index (Phi) is 4.35. The van der Waals surface area contributed by atoms with Crippen LogP contribution in [-0.4, -0.2) is 18.0 Å². The molecular formula is C16H18N2O2. The van der Waals surface area contributed by atoms with Crippen LogP contribution >= 0.6 is 0 Å². The largest absolute Gasteiger partial charge is 0.496 e. The number of benzene rings is 1. The summed E-state index contributed by atoms with van der Waals surface area (Å²) in [5, 5.41) is 2.91. The molecule has 0 saturated carbocycles. The number of aromatic nitrogens is 1. The summed E-state index contributed by atoms with van der Waals surface area (Å²) in [7, 11) is 1.63. The monoisotopic (exact) mass is 270 g/mol. The molecule has 0 atom stereocenters. The Balaban J connectivity index is 2.11. The molecule has 20 heavy (non-hydrogen) atoms. The number of carbonyl (C=O) groups is 1. The third-order valence-electron chi connectivity index (χ3n) is 3.19. The van der Waals surface area contributed by atoms with Crippen LogP contribution in [0.3, 0.4) is 0 Å². The van der Waals surface area contributed by atoms with Gasteiger partial charge in [0.1, 0.15) is 5.75 Å². The van der Waals surface area contributed by atoms with E-state index in [4.69, 9.17) is 4.74 Å². The van der Waals surface area contributed by atoms with E-state index in [1.807, 2.05) is 38.1 Å². The lowest BCUT2D eigenvalue weighted by Crippen LogP contribution is -2.23. The minimum Gasteiger partial charge on any atom is -0.496 e. The Hall–Kier alpha value is -2.36. The van der Waals surface area contributed by atoms with E-state index < -0.39 is 0 Å². The van der Waals surface area contributed by atoms with Crippen LogP contribution in [0.4, 0.5) is 0 Å². The first-order valence-corrected chi connectivity index (χ1v) is 6.44. The summed E-state index contributed by atoms with van der Waals surface area (Å²) in [5.41, 5.74) is 3.56. The average molecular weight is 270 g/mol. The van der Waals surface area contributed by atoms with Gasteiger partial charge in [-0.1, -0.05) is 0 Å². The Labute approximate surface area is 118 Å². The summed E-state index contributed by atoms with van der Waals surface area (Å²) < 4.78 is 5.25. The molecule has 1 amide bonds. The van der Waals surface area contributed by atoms with Gasteiger partial charge in [-0.05, 0) is 54.8 Å². The van der Waals surface area contributed by atoms with Gasteiger partial charge < -0.3 is 10.1 Å². The van der Waals surface area contributed by atoms with Crippen molar-refractivity contribution in [1.82, 2.24) is 10.3 Å². The van der Waals surface area contributed by atoms with E-state index in [0.717, 1.165) is 22.4 Å². The topological polar surface area (TPSA) is 51.2 Å². The number of hydrogen-bond acceptors (Lipinski definition) is 3. The summed E-state index contributed by atoms with van der Waals surface area (Å²) in [6, 6.07) is 7.51. The van der Waals surface area contributed by atoms with Crippen LogP contribution in [0.5, 0.6) is 5.75 Å². The van der Waals surface area contributed by atoms with Gasteiger partial charge in [-0.25, -0.2) is 0 Å². The van der Waals surface area contributed by atoms with E-state index in [-0.39, 0.29) is 5.91 Å². The quantitative estimate of drug-likeness (QED) is 0.929. The van der Waals surface area contributed by atoms with Crippen LogP contribution < -0.4 is 10.1 Å². The number of hydrogen-bond donors (Lipinski definition) is 1. The highest BCUT2D eigenvalue weighted by Gasteiger charge is 2.11. The van der Waals surface area contributed by atoms with E-state index in [1.54, 1.807) is 19.5 Å². The van der Waals surface area contributed by atoms with Gasteiger partial charge in [-0.15, -0.1) is 0 Å². The normalized spacial score (nSPS) is 10.2. The SMILES string of the molecule is COc1cc(C)c(C(=O)NCc2ccncc2)cc1C. The zero-order chi connectivity index (χ0) is 14.5. The van der Waals surface area contributed by atoms with Gasteiger partial charge in [0.15, 0.2) is 0 Å². The number of ether oxygens (including phenoxy) is 1. The van der Waals surface area contributed by atoms with Crippen molar-refractivity contribution < 1.29 is 9.53 Å². The molecule has 1 heterocycles. The fourth-order valence-corrected chi connectivity index (χ4v) is 2.03. The summed E-state index contributed by atoms with van der Waals surface area (Å²) in [6.45, 7) is 4.33. The second kappa shape index (κ2) is 6.19. The predicted octanol–water partition coefficient (Wildman–Crippen LogP) is 2.64. The minimum atomic E-state index is -0.0786. The summed E-state index contributed by atoms with van der Waals surface area (Å²) in [5.74, 6) is 0.721. The molecule has 104 valence electrons. The number of carbonyl (C=O) groups excluding carboxylic acids is 1. The van der Waals surface area contributed by atoms with Crippen molar-refractivity contribution in [2.45, 2.75) is 20.4 Å². The van der Waals surface area contributed by atoms with E-state index in [0.29, 0.717) is 12.1 Å². The molecule has 2 rings (SSSR count). The van der Waals surface area contributed by atoms with Crippen molar-refractivity contribution >= 4 is 5.91 Å². The molecule has 2 aromatic rings. The highest BCUT2D eigenvalue weighted by atomic mass is 16.5. The Morgan fingerprint density at radius 3 is 2.55 bits per heavy atom. The number of pyridine rings is 1. The number of aryl methyl sites for hydroxylation is 2. The Morgan fingerprint density at radius 1 is 1.20 bits per heavy atom. The maximum absolute atomic E-state index is 12.2. The highest BCUT2D eigenvalue weighted by Crippen LogP contribution is 2.22. The van der Waals surface area contributed by atoms with Gasteiger partial charge in [0.05, 0.1) is 7.11 Å². The number of nitrogens with one attached hydrogen (secondary N) is 1. The van der Waals surface area contributed by atoms with Gasteiger partial charge >= 0.3 is 0 Å². The molecule has 0 bridgehead atoms. The Morgan fingerprint density at radius 2 is 1.90 bits per heavy atom. The van der Waals surface area contributed by atoms with Crippen LogP contribution in [0.15, 0.2) is 36.7 Å². The van der Waals surface area contributed by atoms with Gasteiger partial charge in [0.25, 0.3) is 5.91 Å². The van der Waals surface area contributed by atoms with Crippen molar-refractivity contribution in [3.63, 3.8) is 0 Å². The lowest BCUT2D eigenvalue weighted by Gasteiger charge is -2.11. The molecule has 1 aromatic carbocycles. The van der Waals surface area contributed by atoms with Crippen molar-refractivity contribution in [3.8, 4) is 5.75 Å². The molecule has 4 nitrogen and oxygen atoms in total. The van der Waals surface area contributed by atoms with Crippen molar-refractivity contribution in [1.29, 1.82) is 0 Å². The van der Waals surface area contributed by atoms with Gasteiger partial charge in [0.2, 0.25) is 0 Å². The standard InChI is InChI=1S/C16H18N2O2/c1-11-9-15(20-3)12(2)8-14(11)16(19)18-10-13-4-6-17-7-5-13/h4-9H,10H2,1-3H3,(H,18,19). The summed E-state index contributed by atoms with van der Waals surface area (Å²) >= 11 is 0. The van der Waals surface area contributed by atoms with Crippen molar-refractivity contribution in [3.05, 3.63) is 58.9 Å². The Bertz CT molecular complexity index is 609. The van der Waals surface area contributed by atoms with E-state index in [2.05, 4.69) is 10.3 Å². The zero-order valence-electron chi connectivity index (χ0n) is 11.9. The third-order valence-corrected chi connectivity index (χ3v) is 3.19. The average Bonchev–Trinajstić information content (AvgIpc) is 2.47. The first-order chi connectivity index (χ1) is 9.61. The molecule has 0 saturated heterocycles. The van der Waals surface area contributed by atoms with E-state index in [9.17, 15) is 4.79 Å². The summed E-state index contributed by atoms with van der Waals surface area (Å²) in [4.78, 5) is 16.2. The number of amides is 1. The minimum absolute atomic E-state index is 0.0786. The molecule has 0 fully saturated rings. The molecule has 0 aliphatic heterocycles. The molecule has 4 heteroatoms. The zero-order valence-corrected chi connectivity index (χ0v) is 11.9. The number of methoxy groups -OCH3 is 1. The van der Waals surface area contributed by atoms with Crippen LogP contribution in [0.1, 0.15) is 27.0 Å². The molecule has 0 unspecified atom stereocenters. The molecule has 1 N–H and O–H groups in total. The van der Waals surface area contributed by atoms with E-state index in [1.165, 1.54) is 0 Å². The fraction of sp³-hybridized carbons (Fsp3) is 0.250. The second-order valence-corrected chi connectivity index (χ2v) is 4.67. The van der Waals surface area contributed by atoms with Crippen LogP contribution in [0.2, 0.25) is 0 Å². The molecule has 0 aliphatic rings. The molecule has 0 aliphatic carbocycles. The fourth-order valence-electron chi connectivity index (χ4n) is 2.03. The maximum atomic E-state index is 12.2. The van der Waals surface area contributed by atoms with E-state index >= 15 is 0 Å². The second-order valence-electron chi connectivity index (χ2n) is 4.67. The molecular weight excluding hydrogens is 252 g/mol. The first kappa shape index (κ1) is 14.1. The number of rotatable bonds is 4. The van der Waals surface area contributed by atoms with Gasteiger partial charge in [-0.2, -0.15) is 0 Å². The highest BCUT2D eigenvalue weighted by molar-refractivity contribution is 5.96. The van der Waals surface area contributed by atoms with Crippen LogP contribution in [0.25, 0.3) is 0 Å². The predicted molar refractivity (Wildman–Crippen MR) is 77.9 cm³/mol. The van der Waals surface area contributed by atoms with Gasteiger partial charge in [0, 0.05) is 24.5 Å². The van der Waals surface area contributed by atoms with Crippen LogP contribution in [-0.2, 0) is 6.54 Å².